The number of hydrogen-bond donors (Lipinski definition) is 0. The predicted molar refractivity (Wildman–Crippen MR) is 102 cm³/mol. The Hall–Kier alpha value is -1.43. The van der Waals surface area contributed by atoms with Crippen LogP contribution in [-0.2, 0) is 14.3 Å². The van der Waals surface area contributed by atoms with Gasteiger partial charge in [0.05, 0.1) is 12.7 Å². The smallest absolute Gasteiger partial charge is 0.256 e. The maximum Gasteiger partial charge on any atom is 0.256 e. The standard InChI is InChI=1S/C21H32N2O3/c1-17-16-23(13-12-22(17)14-15-25-2)21(24)20(18-8-4-3-5-9-18)26-19-10-6-7-11-19/h3-5,8-9,17,19-20H,6-7,10-16H2,1-2H3/t17-,20-/m0/s1. The number of nitrogens with zero attached hydrogens (tertiary/aromatic N) is 2. The Morgan fingerprint density at radius 2 is 1.92 bits per heavy atom. The molecule has 0 unspecified atom stereocenters. The topological polar surface area (TPSA) is 42.0 Å². The second-order valence-electron chi connectivity index (χ2n) is 7.50. The lowest BCUT2D eigenvalue weighted by Crippen LogP contribution is -2.55. The van der Waals surface area contributed by atoms with E-state index in [1.165, 1.54) is 12.8 Å². The zero-order valence-corrected chi connectivity index (χ0v) is 16.1. The van der Waals surface area contributed by atoms with E-state index in [0.717, 1.165) is 51.2 Å². The van der Waals surface area contributed by atoms with E-state index in [-0.39, 0.29) is 12.0 Å². The van der Waals surface area contributed by atoms with E-state index < -0.39 is 6.10 Å². The highest BCUT2D eigenvalue weighted by Gasteiger charge is 2.34. The molecule has 26 heavy (non-hydrogen) atoms. The van der Waals surface area contributed by atoms with Crippen LogP contribution in [-0.4, -0.2) is 67.7 Å². The van der Waals surface area contributed by atoms with Crippen LogP contribution in [0.2, 0.25) is 0 Å². The Bertz CT molecular complexity index is 560. The number of ether oxygens (including phenoxy) is 2. The molecule has 2 aliphatic rings. The molecular formula is C21H32N2O3. The van der Waals surface area contributed by atoms with E-state index in [9.17, 15) is 4.79 Å². The van der Waals surface area contributed by atoms with Gasteiger partial charge in [0, 0.05) is 39.3 Å². The molecule has 1 aliphatic carbocycles. The summed E-state index contributed by atoms with van der Waals surface area (Å²) in [5.74, 6) is 0.112. The first-order valence-corrected chi connectivity index (χ1v) is 9.91. The van der Waals surface area contributed by atoms with Gasteiger partial charge in [0.2, 0.25) is 0 Å². The zero-order valence-electron chi connectivity index (χ0n) is 16.1. The Morgan fingerprint density at radius 1 is 1.19 bits per heavy atom. The quantitative estimate of drug-likeness (QED) is 0.750. The van der Waals surface area contributed by atoms with E-state index in [1.807, 2.05) is 35.2 Å². The molecule has 1 aromatic carbocycles. The van der Waals surface area contributed by atoms with Gasteiger partial charge in [-0.05, 0) is 25.3 Å². The zero-order chi connectivity index (χ0) is 18.4. The van der Waals surface area contributed by atoms with Gasteiger partial charge >= 0.3 is 0 Å². The number of amides is 1. The Morgan fingerprint density at radius 3 is 2.58 bits per heavy atom. The number of carbonyl (C=O) groups excluding carboxylic acids is 1. The molecule has 0 spiro atoms. The summed E-state index contributed by atoms with van der Waals surface area (Å²) in [7, 11) is 1.73. The molecule has 1 heterocycles. The minimum Gasteiger partial charge on any atom is -0.383 e. The van der Waals surface area contributed by atoms with Gasteiger partial charge in [-0.25, -0.2) is 0 Å². The first kappa shape index (κ1) is 19.3. The van der Waals surface area contributed by atoms with Gasteiger partial charge < -0.3 is 14.4 Å². The van der Waals surface area contributed by atoms with Gasteiger partial charge in [0.1, 0.15) is 0 Å². The molecule has 1 amide bonds. The second kappa shape index (κ2) is 9.49. The van der Waals surface area contributed by atoms with Gasteiger partial charge in [-0.15, -0.1) is 0 Å². The van der Waals surface area contributed by atoms with Crippen molar-refractivity contribution in [3.8, 4) is 0 Å². The Balaban J connectivity index is 1.67. The van der Waals surface area contributed by atoms with Crippen molar-refractivity contribution in [3.05, 3.63) is 35.9 Å². The summed E-state index contributed by atoms with van der Waals surface area (Å²) in [6.45, 7) is 6.23. The van der Waals surface area contributed by atoms with Crippen molar-refractivity contribution in [1.29, 1.82) is 0 Å². The third-order valence-electron chi connectivity index (χ3n) is 5.62. The molecule has 1 saturated heterocycles. The van der Waals surface area contributed by atoms with Crippen LogP contribution in [0.3, 0.4) is 0 Å². The lowest BCUT2D eigenvalue weighted by Gasteiger charge is -2.41. The van der Waals surface area contributed by atoms with Crippen molar-refractivity contribution < 1.29 is 14.3 Å². The Kier molecular flexibility index (Phi) is 7.06. The SMILES string of the molecule is COCCN1CCN(C(=O)[C@@H](OC2CCCC2)c2ccccc2)C[C@@H]1C. The second-order valence-corrected chi connectivity index (χ2v) is 7.50. The highest BCUT2D eigenvalue weighted by molar-refractivity contribution is 5.82. The van der Waals surface area contributed by atoms with Gasteiger partial charge in [0.25, 0.3) is 5.91 Å². The first-order chi connectivity index (χ1) is 12.7. The fraction of sp³-hybridized carbons (Fsp3) is 0.667. The van der Waals surface area contributed by atoms with Crippen molar-refractivity contribution >= 4 is 5.91 Å². The van der Waals surface area contributed by atoms with Crippen molar-refractivity contribution in [2.24, 2.45) is 0 Å². The molecule has 144 valence electrons. The number of piperazine rings is 1. The molecule has 2 fully saturated rings. The van der Waals surface area contributed by atoms with Crippen LogP contribution in [0.5, 0.6) is 0 Å². The average molecular weight is 360 g/mol. The molecule has 0 radical (unpaired) electrons. The van der Waals surface area contributed by atoms with E-state index in [1.54, 1.807) is 7.11 Å². The summed E-state index contributed by atoms with van der Waals surface area (Å²) in [4.78, 5) is 17.7. The fourth-order valence-electron chi connectivity index (χ4n) is 4.03. The molecule has 0 aromatic heterocycles. The molecule has 5 heteroatoms. The maximum atomic E-state index is 13.3. The molecule has 0 bridgehead atoms. The van der Waals surface area contributed by atoms with Crippen LogP contribution >= 0.6 is 0 Å². The third kappa shape index (κ3) is 4.84. The van der Waals surface area contributed by atoms with Crippen molar-refractivity contribution in [1.82, 2.24) is 9.80 Å². The number of benzene rings is 1. The molecule has 1 aliphatic heterocycles. The van der Waals surface area contributed by atoms with E-state index in [0.29, 0.717) is 6.04 Å². The summed E-state index contributed by atoms with van der Waals surface area (Å²) in [5.41, 5.74) is 0.971. The van der Waals surface area contributed by atoms with Gasteiger partial charge in [-0.2, -0.15) is 0 Å². The fourth-order valence-corrected chi connectivity index (χ4v) is 4.03. The molecule has 2 atom stereocenters. The molecular weight excluding hydrogens is 328 g/mol. The van der Waals surface area contributed by atoms with Gasteiger partial charge in [-0.1, -0.05) is 43.2 Å². The van der Waals surface area contributed by atoms with Crippen LogP contribution in [0.25, 0.3) is 0 Å². The third-order valence-corrected chi connectivity index (χ3v) is 5.62. The van der Waals surface area contributed by atoms with Crippen LogP contribution in [0.1, 0.15) is 44.3 Å². The summed E-state index contributed by atoms with van der Waals surface area (Å²) >= 11 is 0. The molecule has 0 N–H and O–H groups in total. The van der Waals surface area contributed by atoms with E-state index in [4.69, 9.17) is 9.47 Å². The Labute approximate surface area is 157 Å². The number of rotatable bonds is 7. The monoisotopic (exact) mass is 360 g/mol. The summed E-state index contributed by atoms with van der Waals surface area (Å²) in [6, 6.07) is 10.3. The summed E-state index contributed by atoms with van der Waals surface area (Å²) < 4.78 is 11.5. The summed E-state index contributed by atoms with van der Waals surface area (Å²) in [6.07, 6.45) is 4.28. The first-order valence-electron chi connectivity index (χ1n) is 9.91. The number of carbonyl (C=O) groups is 1. The molecule has 5 nitrogen and oxygen atoms in total. The number of hydrogen-bond acceptors (Lipinski definition) is 4. The minimum absolute atomic E-state index is 0.112. The van der Waals surface area contributed by atoms with Gasteiger partial charge in [0.15, 0.2) is 6.10 Å². The minimum atomic E-state index is -0.475. The lowest BCUT2D eigenvalue weighted by atomic mass is 10.1. The van der Waals surface area contributed by atoms with Crippen LogP contribution in [0.4, 0.5) is 0 Å². The van der Waals surface area contributed by atoms with Crippen molar-refractivity contribution in [2.75, 3.05) is 39.9 Å². The van der Waals surface area contributed by atoms with Crippen LogP contribution < -0.4 is 0 Å². The van der Waals surface area contributed by atoms with Crippen LogP contribution in [0, 0.1) is 0 Å². The number of methoxy groups -OCH3 is 1. The van der Waals surface area contributed by atoms with E-state index in [2.05, 4.69) is 11.8 Å². The van der Waals surface area contributed by atoms with Crippen molar-refractivity contribution in [2.45, 2.75) is 50.9 Å². The highest BCUT2D eigenvalue weighted by Crippen LogP contribution is 2.29. The largest absolute Gasteiger partial charge is 0.383 e. The van der Waals surface area contributed by atoms with Crippen LogP contribution in [0.15, 0.2) is 30.3 Å². The van der Waals surface area contributed by atoms with Gasteiger partial charge in [-0.3, -0.25) is 9.69 Å². The normalized spacial score (nSPS) is 23.3. The molecule has 3 rings (SSSR count). The molecule has 1 saturated carbocycles. The van der Waals surface area contributed by atoms with E-state index >= 15 is 0 Å². The lowest BCUT2D eigenvalue weighted by molar-refractivity contribution is -0.151. The average Bonchev–Trinajstić information content (AvgIpc) is 3.18. The maximum absolute atomic E-state index is 13.3. The predicted octanol–water partition coefficient (Wildman–Crippen LogP) is 2.87. The molecule has 1 aromatic rings. The highest BCUT2D eigenvalue weighted by atomic mass is 16.5. The van der Waals surface area contributed by atoms with Crippen molar-refractivity contribution in [3.63, 3.8) is 0 Å². The summed E-state index contributed by atoms with van der Waals surface area (Å²) in [5, 5.41) is 0.